The normalized spacial score (nSPS) is 42.5. The molecule has 3 rings (SSSR count). The van der Waals surface area contributed by atoms with Crippen LogP contribution in [0.5, 0.6) is 0 Å². The third-order valence-corrected chi connectivity index (χ3v) is 5.58. The topological polar surface area (TPSA) is 44.4 Å². The molecule has 2 bridgehead atoms. The lowest BCUT2D eigenvalue weighted by Gasteiger charge is -2.36. The van der Waals surface area contributed by atoms with Crippen LogP contribution >= 0.6 is 0 Å². The molecule has 0 aromatic rings. The number of rotatable bonds is 3. The van der Waals surface area contributed by atoms with Crippen molar-refractivity contribution in [2.75, 3.05) is 20.1 Å². The van der Waals surface area contributed by atoms with Crippen molar-refractivity contribution >= 4 is 5.91 Å². The van der Waals surface area contributed by atoms with Crippen LogP contribution < -0.4 is 10.6 Å². The summed E-state index contributed by atoms with van der Waals surface area (Å²) in [6.45, 7) is 4.03. The van der Waals surface area contributed by atoms with Gasteiger partial charge in [0.2, 0.25) is 5.91 Å². The number of amides is 1. The summed E-state index contributed by atoms with van der Waals surface area (Å²) in [4.78, 5) is 14.7. The van der Waals surface area contributed by atoms with Crippen LogP contribution in [-0.4, -0.2) is 49.1 Å². The maximum atomic E-state index is 12.2. The predicted octanol–water partition coefficient (Wildman–Crippen LogP) is 0.973. The van der Waals surface area contributed by atoms with E-state index < -0.39 is 0 Å². The molecule has 0 aromatic carbocycles. The lowest BCUT2D eigenvalue weighted by atomic mass is 9.91. The molecule has 108 valence electrons. The average molecular weight is 265 g/mol. The summed E-state index contributed by atoms with van der Waals surface area (Å²) >= 11 is 0. The molecule has 0 aromatic heterocycles. The Balaban J connectivity index is 1.47. The Kier molecular flexibility index (Phi) is 3.81. The zero-order chi connectivity index (χ0) is 13.4. The smallest absolute Gasteiger partial charge is 0.237 e. The van der Waals surface area contributed by atoms with Gasteiger partial charge in [-0.3, -0.25) is 4.79 Å². The van der Waals surface area contributed by atoms with Crippen molar-refractivity contribution in [3.8, 4) is 0 Å². The number of hydrogen-bond donors (Lipinski definition) is 2. The fraction of sp³-hybridized carbons (Fsp3) is 0.933. The van der Waals surface area contributed by atoms with Crippen molar-refractivity contribution in [3.05, 3.63) is 0 Å². The van der Waals surface area contributed by atoms with E-state index in [-0.39, 0.29) is 11.9 Å². The molecule has 4 atom stereocenters. The lowest BCUT2D eigenvalue weighted by Crippen LogP contribution is -2.47. The minimum atomic E-state index is 0.0444. The van der Waals surface area contributed by atoms with Crippen LogP contribution in [0.1, 0.15) is 39.0 Å². The Hall–Kier alpha value is -0.610. The Morgan fingerprint density at radius 1 is 1.26 bits per heavy atom. The van der Waals surface area contributed by atoms with E-state index in [0.29, 0.717) is 11.8 Å². The van der Waals surface area contributed by atoms with Crippen LogP contribution in [0.3, 0.4) is 0 Å². The van der Waals surface area contributed by atoms with Crippen LogP contribution in [0.15, 0.2) is 0 Å². The van der Waals surface area contributed by atoms with E-state index in [9.17, 15) is 4.79 Å². The van der Waals surface area contributed by atoms with Crippen LogP contribution in [-0.2, 0) is 4.79 Å². The van der Waals surface area contributed by atoms with E-state index in [4.69, 9.17) is 0 Å². The highest BCUT2D eigenvalue weighted by Crippen LogP contribution is 2.37. The zero-order valence-corrected chi connectivity index (χ0v) is 12.2. The molecule has 3 fully saturated rings. The van der Waals surface area contributed by atoms with Gasteiger partial charge in [0.15, 0.2) is 0 Å². The fourth-order valence-corrected chi connectivity index (χ4v) is 4.23. The van der Waals surface area contributed by atoms with E-state index >= 15 is 0 Å². The summed E-state index contributed by atoms with van der Waals surface area (Å²) in [6.07, 6.45) is 6.36. The molecule has 3 aliphatic heterocycles. The number of nitrogens with zero attached hydrogens (tertiary/aromatic N) is 1. The average Bonchev–Trinajstić information content (AvgIpc) is 2.87. The zero-order valence-electron chi connectivity index (χ0n) is 12.2. The Bertz CT molecular complexity index is 332. The molecule has 0 spiro atoms. The number of carbonyl (C=O) groups excluding carboxylic acids is 1. The first-order valence-electron chi connectivity index (χ1n) is 7.88. The van der Waals surface area contributed by atoms with Gasteiger partial charge < -0.3 is 15.5 Å². The minimum absolute atomic E-state index is 0.0444. The summed E-state index contributed by atoms with van der Waals surface area (Å²) in [5.41, 5.74) is 0. The van der Waals surface area contributed by atoms with Gasteiger partial charge >= 0.3 is 0 Å². The molecule has 0 saturated carbocycles. The third kappa shape index (κ3) is 2.65. The molecule has 3 aliphatic rings. The number of carbonyl (C=O) groups is 1. The highest BCUT2D eigenvalue weighted by molar-refractivity contribution is 5.82. The van der Waals surface area contributed by atoms with Gasteiger partial charge in [0.1, 0.15) is 0 Å². The standard InChI is InChI=1S/C15H27N3O/c1-10-5-6-16-14(10)15(19)17-9-11-7-12-3-4-13(8-11)18(12)2/h10-14,16H,3-9H2,1-2H3,(H,17,19). The van der Waals surface area contributed by atoms with Gasteiger partial charge in [-0.05, 0) is 57.5 Å². The first-order chi connectivity index (χ1) is 9.15. The second kappa shape index (κ2) is 5.41. The monoisotopic (exact) mass is 265 g/mol. The predicted molar refractivity (Wildman–Crippen MR) is 75.9 cm³/mol. The van der Waals surface area contributed by atoms with E-state index in [2.05, 4.69) is 29.5 Å². The summed E-state index contributed by atoms with van der Waals surface area (Å²) in [6, 6.07) is 1.58. The van der Waals surface area contributed by atoms with Crippen molar-refractivity contribution in [3.63, 3.8) is 0 Å². The molecule has 3 heterocycles. The highest BCUT2D eigenvalue weighted by atomic mass is 16.2. The van der Waals surface area contributed by atoms with Crippen LogP contribution in [0.25, 0.3) is 0 Å². The van der Waals surface area contributed by atoms with Crippen molar-refractivity contribution in [2.45, 2.75) is 57.2 Å². The fourth-order valence-electron chi connectivity index (χ4n) is 4.23. The number of nitrogens with one attached hydrogen (secondary N) is 2. The maximum Gasteiger partial charge on any atom is 0.237 e. The van der Waals surface area contributed by atoms with Gasteiger partial charge in [-0.1, -0.05) is 6.92 Å². The number of fused-ring (bicyclic) bond motifs is 2. The second-order valence-corrected chi connectivity index (χ2v) is 6.83. The van der Waals surface area contributed by atoms with Crippen molar-refractivity contribution in [1.82, 2.24) is 15.5 Å². The van der Waals surface area contributed by atoms with E-state index in [0.717, 1.165) is 31.6 Å². The van der Waals surface area contributed by atoms with E-state index in [1.165, 1.54) is 25.7 Å². The summed E-state index contributed by atoms with van der Waals surface area (Å²) in [5, 5.41) is 6.50. The Labute approximate surface area is 116 Å². The van der Waals surface area contributed by atoms with Crippen LogP contribution in [0, 0.1) is 11.8 Å². The first kappa shape index (κ1) is 13.4. The quantitative estimate of drug-likeness (QED) is 0.799. The lowest BCUT2D eigenvalue weighted by molar-refractivity contribution is -0.123. The van der Waals surface area contributed by atoms with Crippen molar-refractivity contribution in [1.29, 1.82) is 0 Å². The second-order valence-electron chi connectivity index (χ2n) is 6.83. The molecule has 19 heavy (non-hydrogen) atoms. The number of piperidine rings is 1. The van der Waals surface area contributed by atoms with Gasteiger partial charge in [-0.15, -0.1) is 0 Å². The molecular formula is C15H27N3O. The van der Waals surface area contributed by atoms with Gasteiger partial charge in [-0.2, -0.15) is 0 Å². The molecule has 4 unspecified atom stereocenters. The SMILES string of the molecule is CC1CCNC1C(=O)NCC1CC2CCC(C1)N2C. The van der Waals surface area contributed by atoms with Crippen molar-refractivity contribution in [2.24, 2.45) is 11.8 Å². The molecular weight excluding hydrogens is 238 g/mol. The van der Waals surface area contributed by atoms with E-state index in [1.807, 2.05) is 0 Å². The molecule has 0 aliphatic carbocycles. The summed E-state index contributed by atoms with van der Waals surface area (Å²) in [7, 11) is 2.27. The Morgan fingerprint density at radius 3 is 2.53 bits per heavy atom. The van der Waals surface area contributed by atoms with Crippen LogP contribution in [0.2, 0.25) is 0 Å². The maximum absolute atomic E-state index is 12.2. The van der Waals surface area contributed by atoms with Gasteiger partial charge in [0, 0.05) is 18.6 Å². The summed E-state index contributed by atoms with van der Waals surface area (Å²) < 4.78 is 0. The minimum Gasteiger partial charge on any atom is -0.354 e. The molecule has 3 saturated heterocycles. The molecule has 0 radical (unpaired) electrons. The van der Waals surface area contributed by atoms with E-state index in [1.54, 1.807) is 0 Å². The summed E-state index contributed by atoms with van der Waals surface area (Å²) in [5.74, 6) is 1.39. The molecule has 4 nitrogen and oxygen atoms in total. The third-order valence-electron chi connectivity index (χ3n) is 5.58. The first-order valence-corrected chi connectivity index (χ1v) is 7.88. The van der Waals surface area contributed by atoms with Crippen LogP contribution in [0.4, 0.5) is 0 Å². The molecule has 2 N–H and O–H groups in total. The highest BCUT2D eigenvalue weighted by Gasteiger charge is 2.38. The number of hydrogen-bond acceptors (Lipinski definition) is 3. The molecule has 1 amide bonds. The van der Waals surface area contributed by atoms with Gasteiger partial charge in [0.05, 0.1) is 6.04 Å². The Morgan fingerprint density at radius 2 is 1.95 bits per heavy atom. The van der Waals surface area contributed by atoms with Gasteiger partial charge in [-0.25, -0.2) is 0 Å². The van der Waals surface area contributed by atoms with Crippen molar-refractivity contribution < 1.29 is 4.79 Å². The van der Waals surface area contributed by atoms with Gasteiger partial charge in [0.25, 0.3) is 0 Å². The molecule has 4 heteroatoms. The largest absolute Gasteiger partial charge is 0.354 e.